The first-order valence-electron chi connectivity index (χ1n) is 7.45. The normalized spacial score (nSPS) is 15.2. The molecule has 0 bridgehead atoms. The van der Waals surface area contributed by atoms with Crippen molar-refractivity contribution in [2.45, 2.75) is 19.3 Å². The fourth-order valence-corrected chi connectivity index (χ4v) is 2.55. The summed E-state index contributed by atoms with van der Waals surface area (Å²) in [5, 5.41) is 8.60. The number of carbonyl (C=O) groups excluding carboxylic acids is 1. The number of carbonyl (C=O) groups is 2. The zero-order valence-corrected chi connectivity index (χ0v) is 13.4. The van der Waals surface area contributed by atoms with Gasteiger partial charge in [-0.2, -0.15) is 0 Å². The van der Waals surface area contributed by atoms with Crippen LogP contribution in [0.15, 0.2) is 30.3 Å². The number of carboxylic acid groups (broad SMARTS) is 1. The van der Waals surface area contributed by atoms with Crippen molar-refractivity contribution in [3.63, 3.8) is 0 Å². The van der Waals surface area contributed by atoms with E-state index in [0.717, 1.165) is 51.1 Å². The molecular weight excluding hydrogens is 304 g/mol. The minimum atomic E-state index is -0.728. The number of aliphatic carboxylic acids is 1. The summed E-state index contributed by atoms with van der Waals surface area (Å²) in [7, 11) is 0. The van der Waals surface area contributed by atoms with Crippen molar-refractivity contribution in [1.29, 1.82) is 0 Å². The second-order valence-electron chi connectivity index (χ2n) is 5.35. The molecule has 1 aromatic rings. The minimum absolute atomic E-state index is 0. The molecule has 1 N–H and O–H groups in total. The highest BCUT2D eigenvalue weighted by Crippen LogP contribution is 2.09. The van der Waals surface area contributed by atoms with Crippen molar-refractivity contribution in [1.82, 2.24) is 9.80 Å². The Balaban J connectivity index is 0.00000242. The fourth-order valence-electron chi connectivity index (χ4n) is 2.55. The third-order valence-electron chi connectivity index (χ3n) is 3.80. The van der Waals surface area contributed by atoms with Crippen LogP contribution < -0.4 is 0 Å². The highest BCUT2D eigenvalue weighted by Gasteiger charge is 2.21. The second-order valence-corrected chi connectivity index (χ2v) is 5.35. The summed E-state index contributed by atoms with van der Waals surface area (Å²) in [5.41, 5.74) is 0.743. The summed E-state index contributed by atoms with van der Waals surface area (Å²) in [6.07, 6.45) is 1.86. The molecule has 1 amide bonds. The van der Waals surface area contributed by atoms with Crippen molar-refractivity contribution in [2.24, 2.45) is 0 Å². The van der Waals surface area contributed by atoms with Crippen molar-refractivity contribution in [3.05, 3.63) is 35.9 Å². The van der Waals surface area contributed by atoms with Crippen LogP contribution in [0.1, 0.15) is 29.6 Å². The topological polar surface area (TPSA) is 60.9 Å². The third kappa shape index (κ3) is 5.66. The number of carboxylic acids is 1. The van der Waals surface area contributed by atoms with E-state index in [9.17, 15) is 9.59 Å². The van der Waals surface area contributed by atoms with E-state index in [1.807, 2.05) is 35.2 Å². The number of hydrogen-bond donors (Lipinski definition) is 1. The van der Waals surface area contributed by atoms with E-state index in [1.165, 1.54) is 0 Å². The lowest BCUT2D eigenvalue weighted by atomic mass is 10.1. The highest BCUT2D eigenvalue weighted by molar-refractivity contribution is 5.94. The summed E-state index contributed by atoms with van der Waals surface area (Å²) in [4.78, 5) is 26.9. The molecule has 0 radical (unpaired) electrons. The predicted molar refractivity (Wildman–Crippen MR) is 87.5 cm³/mol. The SMILES string of the molecule is Cl.O=C(O)CCCCN1CCN(C(=O)c2ccccc2)CC1. The van der Waals surface area contributed by atoms with Gasteiger partial charge in [-0.15, -0.1) is 12.4 Å². The van der Waals surface area contributed by atoms with Gasteiger partial charge in [0.15, 0.2) is 0 Å². The third-order valence-corrected chi connectivity index (χ3v) is 3.80. The molecule has 0 unspecified atom stereocenters. The van der Waals surface area contributed by atoms with Crippen molar-refractivity contribution in [3.8, 4) is 0 Å². The zero-order chi connectivity index (χ0) is 15.1. The Hall–Kier alpha value is -1.59. The number of rotatable bonds is 6. The van der Waals surface area contributed by atoms with Crippen LogP contribution in [0.2, 0.25) is 0 Å². The number of halogens is 1. The van der Waals surface area contributed by atoms with Crippen LogP contribution in [-0.4, -0.2) is 59.5 Å². The van der Waals surface area contributed by atoms with Gasteiger partial charge < -0.3 is 10.0 Å². The average molecular weight is 327 g/mol. The summed E-state index contributed by atoms with van der Waals surface area (Å²) in [6.45, 7) is 4.14. The van der Waals surface area contributed by atoms with Crippen LogP contribution >= 0.6 is 12.4 Å². The molecule has 1 aliphatic rings. The van der Waals surface area contributed by atoms with Gasteiger partial charge in [0.2, 0.25) is 0 Å². The van der Waals surface area contributed by atoms with Crippen molar-refractivity contribution < 1.29 is 14.7 Å². The number of hydrogen-bond acceptors (Lipinski definition) is 3. The van der Waals surface area contributed by atoms with Gasteiger partial charge in [-0.25, -0.2) is 0 Å². The standard InChI is InChI=1S/C16H22N2O3.ClH/c19-15(20)8-4-5-9-17-10-12-18(13-11-17)16(21)14-6-2-1-3-7-14;/h1-3,6-7H,4-5,8-13H2,(H,19,20);1H. The molecule has 0 spiro atoms. The molecule has 1 fully saturated rings. The molecule has 122 valence electrons. The van der Waals surface area contributed by atoms with Crippen LogP contribution in [0.3, 0.4) is 0 Å². The molecule has 5 nitrogen and oxygen atoms in total. The lowest BCUT2D eigenvalue weighted by Crippen LogP contribution is -2.48. The molecule has 22 heavy (non-hydrogen) atoms. The molecule has 0 aromatic heterocycles. The van der Waals surface area contributed by atoms with Gasteiger partial charge >= 0.3 is 5.97 Å². The molecule has 0 saturated carbocycles. The molecule has 1 aromatic carbocycles. The Bertz CT molecular complexity index is 474. The van der Waals surface area contributed by atoms with Gasteiger partial charge in [0, 0.05) is 38.2 Å². The Morgan fingerprint density at radius 2 is 1.64 bits per heavy atom. The Labute approximate surface area is 137 Å². The highest BCUT2D eigenvalue weighted by atomic mass is 35.5. The van der Waals surface area contributed by atoms with Crippen LogP contribution in [0.4, 0.5) is 0 Å². The van der Waals surface area contributed by atoms with Gasteiger partial charge in [-0.1, -0.05) is 18.2 Å². The van der Waals surface area contributed by atoms with Crippen LogP contribution in [0.25, 0.3) is 0 Å². The van der Waals surface area contributed by atoms with Gasteiger partial charge in [0.25, 0.3) is 5.91 Å². The summed E-state index contributed by atoms with van der Waals surface area (Å²) in [6, 6.07) is 9.37. The number of benzene rings is 1. The maximum atomic E-state index is 12.3. The van der Waals surface area contributed by atoms with E-state index < -0.39 is 5.97 Å². The van der Waals surface area contributed by atoms with Gasteiger partial charge in [0.05, 0.1) is 0 Å². The Kier molecular flexibility index (Phi) is 7.91. The van der Waals surface area contributed by atoms with E-state index >= 15 is 0 Å². The molecule has 1 saturated heterocycles. The van der Waals surface area contributed by atoms with E-state index in [1.54, 1.807) is 0 Å². The molecule has 1 heterocycles. The second kappa shape index (κ2) is 9.43. The number of unbranched alkanes of at least 4 members (excludes halogenated alkanes) is 1. The fraction of sp³-hybridized carbons (Fsp3) is 0.500. The van der Waals surface area contributed by atoms with E-state index in [4.69, 9.17) is 5.11 Å². The summed E-state index contributed by atoms with van der Waals surface area (Å²) >= 11 is 0. The maximum absolute atomic E-state index is 12.3. The Morgan fingerprint density at radius 1 is 1.00 bits per heavy atom. The Morgan fingerprint density at radius 3 is 2.23 bits per heavy atom. The van der Waals surface area contributed by atoms with Crippen molar-refractivity contribution >= 4 is 24.3 Å². The summed E-state index contributed by atoms with van der Waals surface area (Å²) in [5.74, 6) is -0.630. The first kappa shape index (κ1) is 18.5. The number of nitrogens with zero attached hydrogens (tertiary/aromatic N) is 2. The lowest BCUT2D eigenvalue weighted by molar-refractivity contribution is -0.137. The zero-order valence-electron chi connectivity index (χ0n) is 12.6. The van der Waals surface area contributed by atoms with Crippen LogP contribution in [0.5, 0.6) is 0 Å². The minimum Gasteiger partial charge on any atom is -0.481 e. The quantitative estimate of drug-likeness (QED) is 0.813. The van der Waals surface area contributed by atoms with Crippen LogP contribution in [-0.2, 0) is 4.79 Å². The predicted octanol–water partition coefficient (Wildman–Crippen LogP) is 2.12. The molecule has 2 rings (SSSR count). The van der Waals surface area contributed by atoms with E-state index in [0.29, 0.717) is 0 Å². The molecule has 0 aliphatic carbocycles. The molecule has 0 atom stereocenters. The number of amides is 1. The average Bonchev–Trinajstić information content (AvgIpc) is 2.52. The number of piperazine rings is 1. The summed E-state index contributed by atoms with van der Waals surface area (Å²) < 4.78 is 0. The first-order valence-corrected chi connectivity index (χ1v) is 7.45. The van der Waals surface area contributed by atoms with Crippen LogP contribution in [0, 0.1) is 0 Å². The molecule has 1 aliphatic heterocycles. The first-order chi connectivity index (χ1) is 10.2. The molecule has 6 heteroatoms. The van der Waals surface area contributed by atoms with Gasteiger partial charge in [-0.3, -0.25) is 14.5 Å². The molecular formula is C16H23ClN2O3. The van der Waals surface area contributed by atoms with E-state index in [-0.39, 0.29) is 24.7 Å². The lowest BCUT2D eigenvalue weighted by Gasteiger charge is -2.34. The largest absolute Gasteiger partial charge is 0.481 e. The van der Waals surface area contributed by atoms with Gasteiger partial charge in [0.1, 0.15) is 0 Å². The smallest absolute Gasteiger partial charge is 0.303 e. The van der Waals surface area contributed by atoms with E-state index in [2.05, 4.69) is 4.90 Å². The van der Waals surface area contributed by atoms with Gasteiger partial charge in [-0.05, 0) is 31.5 Å². The monoisotopic (exact) mass is 326 g/mol. The maximum Gasteiger partial charge on any atom is 0.303 e. The van der Waals surface area contributed by atoms with Crippen molar-refractivity contribution in [2.75, 3.05) is 32.7 Å².